The molecule has 2 fully saturated rings. The third-order valence-corrected chi connectivity index (χ3v) is 5.82. The summed E-state index contributed by atoms with van der Waals surface area (Å²) >= 11 is 0. The van der Waals surface area contributed by atoms with Gasteiger partial charge in [-0.25, -0.2) is 0 Å². The third kappa shape index (κ3) is 4.76. The minimum Gasteiger partial charge on any atom is -0.354 e. The maximum absolute atomic E-state index is 4.44. The summed E-state index contributed by atoms with van der Waals surface area (Å²) in [5.74, 6) is 0.902. The Bertz CT molecular complexity index is 588. The lowest BCUT2D eigenvalue weighted by molar-refractivity contribution is 0.242. The smallest absolute Gasteiger partial charge is 0.191 e. The fraction of sp³-hybridized carbons (Fsp3) is 0.789. The van der Waals surface area contributed by atoms with Crippen molar-refractivity contribution in [2.75, 3.05) is 40.8 Å². The number of likely N-dealkylation sites (tertiary alicyclic amines) is 1. The van der Waals surface area contributed by atoms with Gasteiger partial charge in [0.25, 0.3) is 0 Å². The van der Waals surface area contributed by atoms with Crippen molar-refractivity contribution in [2.24, 2.45) is 12.0 Å². The fourth-order valence-electron chi connectivity index (χ4n) is 4.30. The molecule has 2 atom stereocenters. The summed E-state index contributed by atoms with van der Waals surface area (Å²) in [5, 5.41) is 11.4. The lowest BCUT2D eigenvalue weighted by atomic mass is 10.1. The van der Waals surface area contributed by atoms with Crippen LogP contribution < -0.4 is 10.6 Å². The molecule has 1 aliphatic heterocycles. The number of hydrogen-bond donors (Lipinski definition) is 2. The summed E-state index contributed by atoms with van der Waals surface area (Å²) in [7, 11) is 8.02. The van der Waals surface area contributed by atoms with Gasteiger partial charge in [-0.15, -0.1) is 0 Å². The quantitative estimate of drug-likeness (QED) is 0.589. The van der Waals surface area contributed by atoms with E-state index in [0.29, 0.717) is 6.04 Å². The highest BCUT2D eigenvalue weighted by Gasteiger charge is 2.30. The van der Waals surface area contributed by atoms with Gasteiger partial charge < -0.3 is 15.5 Å². The number of nitrogens with one attached hydrogen (secondary N) is 2. The molecule has 26 heavy (non-hydrogen) atoms. The molecule has 1 aliphatic carbocycles. The molecule has 2 unspecified atom stereocenters. The molecule has 1 aromatic heterocycles. The van der Waals surface area contributed by atoms with Crippen LogP contribution in [0.4, 0.5) is 0 Å². The molecule has 0 spiro atoms. The van der Waals surface area contributed by atoms with Crippen LogP contribution in [0, 0.1) is 0 Å². The summed E-state index contributed by atoms with van der Waals surface area (Å²) in [6, 6.07) is 1.58. The van der Waals surface area contributed by atoms with E-state index in [1.807, 2.05) is 25.0 Å². The van der Waals surface area contributed by atoms with Crippen LogP contribution in [0.25, 0.3) is 0 Å². The first-order valence-corrected chi connectivity index (χ1v) is 9.93. The second kappa shape index (κ2) is 8.86. The Hall–Kier alpha value is -1.60. The van der Waals surface area contributed by atoms with E-state index in [0.717, 1.165) is 25.1 Å². The first-order valence-electron chi connectivity index (χ1n) is 9.93. The Labute approximate surface area is 157 Å². The summed E-state index contributed by atoms with van der Waals surface area (Å²) in [5.41, 5.74) is 1.22. The number of hydrogen-bond acceptors (Lipinski definition) is 4. The van der Waals surface area contributed by atoms with Gasteiger partial charge in [-0.1, -0.05) is 12.8 Å². The van der Waals surface area contributed by atoms with Crippen molar-refractivity contribution in [3.63, 3.8) is 0 Å². The highest BCUT2D eigenvalue weighted by molar-refractivity contribution is 5.80. The van der Waals surface area contributed by atoms with Crippen LogP contribution in [-0.4, -0.2) is 78.4 Å². The number of aliphatic imine (C=N–C) groups is 1. The molecule has 2 aliphatic rings. The highest BCUT2D eigenvalue weighted by atomic mass is 15.3. The summed E-state index contributed by atoms with van der Waals surface area (Å²) in [4.78, 5) is 9.33. The summed E-state index contributed by atoms with van der Waals surface area (Å²) in [6.45, 7) is 3.16. The van der Waals surface area contributed by atoms with Crippen LogP contribution >= 0.6 is 0 Å². The molecular weight excluding hydrogens is 326 g/mol. The summed E-state index contributed by atoms with van der Waals surface area (Å²) in [6.07, 6.45) is 10.8. The van der Waals surface area contributed by atoms with Crippen molar-refractivity contribution in [3.05, 3.63) is 18.0 Å². The Balaban J connectivity index is 1.49. The first-order chi connectivity index (χ1) is 12.6. The van der Waals surface area contributed by atoms with Crippen LogP contribution in [0.1, 0.15) is 43.7 Å². The van der Waals surface area contributed by atoms with Crippen molar-refractivity contribution in [1.82, 2.24) is 30.2 Å². The molecule has 7 heteroatoms. The van der Waals surface area contributed by atoms with Gasteiger partial charge in [0.15, 0.2) is 5.96 Å². The third-order valence-electron chi connectivity index (χ3n) is 5.82. The highest BCUT2D eigenvalue weighted by Crippen LogP contribution is 2.26. The average Bonchev–Trinajstić information content (AvgIpc) is 3.35. The van der Waals surface area contributed by atoms with Crippen LogP contribution in [0.2, 0.25) is 0 Å². The maximum atomic E-state index is 4.44. The zero-order valence-corrected chi connectivity index (χ0v) is 16.8. The van der Waals surface area contributed by atoms with Crippen molar-refractivity contribution < 1.29 is 0 Å². The van der Waals surface area contributed by atoms with Gasteiger partial charge in [0.2, 0.25) is 0 Å². The predicted molar refractivity (Wildman–Crippen MR) is 106 cm³/mol. The first kappa shape index (κ1) is 19.2. The minimum atomic E-state index is 0.265. The van der Waals surface area contributed by atoms with Gasteiger partial charge in [-0.05, 0) is 33.4 Å². The number of guanidine groups is 1. The number of rotatable bonds is 6. The molecule has 0 bridgehead atoms. The summed E-state index contributed by atoms with van der Waals surface area (Å²) < 4.78 is 1.86. The van der Waals surface area contributed by atoms with E-state index in [2.05, 4.69) is 50.8 Å². The number of likely N-dealkylation sites (N-methyl/N-ethyl adjacent to an activating group) is 1. The van der Waals surface area contributed by atoms with Gasteiger partial charge in [-0.3, -0.25) is 14.6 Å². The van der Waals surface area contributed by atoms with Crippen molar-refractivity contribution in [2.45, 2.75) is 50.2 Å². The molecule has 0 radical (unpaired) electrons. The Morgan fingerprint density at radius 1 is 1.35 bits per heavy atom. The van der Waals surface area contributed by atoms with Crippen LogP contribution in [0.5, 0.6) is 0 Å². The van der Waals surface area contributed by atoms with Gasteiger partial charge >= 0.3 is 0 Å². The molecule has 3 rings (SSSR count). The molecule has 2 N–H and O–H groups in total. The predicted octanol–water partition coefficient (Wildman–Crippen LogP) is 1.20. The van der Waals surface area contributed by atoms with Crippen molar-refractivity contribution >= 4 is 5.96 Å². The normalized spacial score (nSPS) is 23.7. The van der Waals surface area contributed by atoms with Crippen molar-refractivity contribution in [1.29, 1.82) is 0 Å². The van der Waals surface area contributed by atoms with E-state index in [-0.39, 0.29) is 6.04 Å². The fourth-order valence-corrected chi connectivity index (χ4v) is 4.30. The number of aromatic nitrogens is 2. The van der Waals surface area contributed by atoms with Gasteiger partial charge in [0.1, 0.15) is 0 Å². The van der Waals surface area contributed by atoms with Gasteiger partial charge in [0, 0.05) is 57.6 Å². The topological polar surface area (TPSA) is 60.7 Å². The van der Waals surface area contributed by atoms with E-state index in [9.17, 15) is 0 Å². The number of nitrogens with zero attached hydrogens (tertiary/aromatic N) is 5. The zero-order chi connectivity index (χ0) is 18.5. The average molecular weight is 362 g/mol. The van der Waals surface area contributed by atoms with Crippen LogP contribution in [-0.2, 0) is 7.05 Å². The molecule has 1 saturated heterocycles. The van der Waals surface area contributed by atoms with Crippen molar-refractivity contribution in [3.8, 4) is 0 Å². The van der Waals surface area contributed by atoms with Gasteiger partial charge in [0.05, 0.1) is 12.2 Å². The monoisotopic (exact) mass is 361 g/mol. The van der Waals surface area contributed by atoms with Crippen LogP contribution in [0.3, 0.4) is 0 Å². The number of aryl methyl sites for hydroxylation is 1. The Morgan fingerprint density at radius 3 is 2.73 bits per heavy atom. The second-order valence-corrected chi connectivity index (χ2v) is 7.94. The SMILES string of the molecule is CN=C(NCC(c1cnn(C)c1)N(C)C)NC1CCN(C2CCCC2)C1. The lowest BCUT2D eigenvalue weighted by Gasteiger charge is -2.26. The second-order valence-electron chi connectivity index (χ2n) is 7.94. The Kier molecular flexibility index (Phi) is 6.53. The molecule has 1 aromatic rings. The van der Waals surface area contributed by atoms with E-state index in [1.165, 1.54) is 44.2 Å². The molecular formula is C19H35N7. The van der Waals surface area contributed by atoms with E-state index in [4.69, 9.17) is 0 Å². The standard InChI is InChI=1S/C19H35N7/c1-20-19(21-12-18(24(2)3)15-11-22-25(4)13-15)23-16-9-10-26(14-16)17-7-5-6-8-17/h11,13,16-18H,5-10,12,14H2,1-4H3,(H2,20,21,23). The maximum Gasteiger partial charge on any atom is 0.191 e. The molecule has 2 heterocycles. The van der Waals surface area contributed by atoms with E-state index >= 15 is 0 Å². The minimum absolute atomic E-state index is 0.265. The molecule has 146 valence electrons. The molecule has 0 aromatic carbocycles. The van der Waals surface area contributed by atoms with E-state index in [1.54, 1.807) is 0 Å². The lowest BCUT2D eigenvalue weighted by Crippen LogP contribution is -2.47. The van der Waals surface area contributed by atoms with E-state index < -0.39 is 0 Å². The zero-order valence-electron chi connectivity index (χ0n) is 16.8. The van der Waals surface area contributed by atoms with Gasteiger partial charge in [-0.2, -0.15) is 5.10 Å². The molecule has 7 nitrogen and oxygen atoms in total. The molecule has 0 amide bonds. The largest absolute Gasteiger partial charge is 0.354 e. The molecule has 1 saturated carbocycles. The van der Waals surface area contributed by atoms with Crippen LogP contribution in [0.15, 0.2) is 17.4 Å². The Morgan fingerprint density at radius 2 is 2.12 bits per heavy atom.